The standard InChI is InChI=1S/C26H49O6PS/c1-2-3-4-5-6-7-8-10-14-17-20-26(28)32-24(23-31-33-29)22-30-25(27)19-16-13-11-9-12-15-18-21-34/h24,34H,2-23H2,1H3/t24-/m1/s1. The highest BCUT2D eigenvalue weighted by atomic mass is 32.1. The van der Waals surface area contributed by atoms with Gasteiger partial charge in [0, 0.05) is 12.8 Å². The normalized spacial score (nSPS) is 12.1. The lowest BCUT2D eigenvalue weighted by Gasteiger charge is -2.16. The lowest BCUT2D eigenvalue weighted by atomic mass is 10.1. The van der Waals surface area contributed by atoms with Crippen LogP contribution in [0.15, 0.2) is 0 Å². The maximum atomic E-state index is 12.1. The van der Waals surface area contributed by atoms with E-state index in [0.717, 1.165) is 50.7 Å². The highest BCUT2D eigenvalue weighted by Crippen LogP contribution is 2.13. The van der Waals surface area contributed by atoms with Gasteiger partial charge in [0.05, 0.1) is 0 Å². The van der Waals surface area contributed by atoms with Gasteiger partial charge in [0.1, 0.15) is 13.2 Å². The zero-order valence-electron chi connectivity index (χ0n) is 21.5. The van der Waals surface area contributed by atoms with E-state index in [1.807, 2.05) is 0 Å². The number of hydrogen-bond acceptors (Lipinski definition) is 7. The molecular formula is C26H49O6PS. The van der Waals surface area contributed by atoms with Crippen molar-refractivity contribution in [1.82, 2.24) is 0 Å². The van der Waals surface area contributed by atoms with Crippen LogP contribution in [-0.4, -0.2) is 37.0 Å². The molecule has 0 spiro atoms. The van der Waals surface area contributed by atoms with Crippen LogP contribution < -0.4 is 0 Å². The minimum Gasteiger partial charge on any atom is -0.462 e. The Labute approximate surface area is 215 Å². The summed E-state index contributed by atoms with van der Waals surface area (Å²) in [4.78, 5) is 24.1. The van der Waals surface area contributed by atoms with Crippen molar-refractivity contribution < 1.29 is 28.2 Å². The molecule has 1 atom stereocenters. The Kier molecular flexibility index (Phi) is 26.4. The number of carbonyl (C=O) groups is 2. The average molecular weight is 521 g/mol. The van der Waals surface area contributed by atoms with Crippen molar-refractivity contribution in [2.75, 3.05) is 19.0 Å². The summed E-state index contributed by atoms with van der Waals surface area (Å²) in [5, 5.41) is 0. The maximum Gasteiger partial charge on any atom is 0.327 e. The molecule has 0 radical (unpaired) electrons. The number of rotatable bonds is 26. The molecule has 200 valence electrons. The lowest BCUT2D eigenvalue weighted by Crippen LogP contribution is -2.28. The molecule has 6 nitrogen and oxygen atoms in total. The largest absolute Gasteiger partial charge is 0.462 e. The third-order valence-corrected chi connectivity index (χ3v) is 6.39. The first-order chi connectivity index (χ1) is 16.6. The molecule has 0 unspecified atom stereocenters. The van der Waals surface area contributed by atoms with Crippen molar-refractivity contribution in [3.8, 4) is 0 Å². The number of hydrogen-bond donors (Lipinski definition) is 1. The van der Waals surface area contributed by atoms with Crippen LogP contribution >= 0.6 is 21.3 Å². The second-order valence-corrected chi connectivity index (χ2v) is 9.90. The van der Waals surface area contributed by atoms with Gasteiger partial charge in [-0.1, -0.05) is 96.8 Å². The fraction of sp³-hybridized carbons (Fsp3) is 0.923. The SMILES string of the molecule is CCCCCCCCCCCCC(=O)O[C@@H](COP=O)COC(=O)CCCCCCCCCS. The van der Waals surface area contributed by atoms with Crippen LogP contribution in [0.25, 0.3) is 0 Å². The minimum atomic E-state index is -0.729. The summed E-state index contributed by atoms with van der Waals surface area (Å²) in [6, 6.07) is 0. The quantitative estimate of drug-likeness (QED) is 0.0538. The second-order valence-electron chi connectivity index (χ2n) is 9.05. The summed E-state index contributed by atoms with van der Waals surface area (Å²) in [6.45, 7) is 2.10. The van der Waals surface area contributed by atoms with Gasteiger partial charge in [-0.15, -0.1) is 0 Å². The summed E-state index contributed by atoms with van der Waals surface area (Å²) in [5.74, 6) is 0.316. The Morgan fingerprint density at radius 1 is 0.676 bits per heavy atom. The molecule has 34 heavy (non-hydrogen) atoms. The Bertz CT molecular complexity index is 492. The molecule has 0 aromatic heterocycles. The van der Waals surface area contributed by atoms with E-state index in [0.29, 0.717) is 12.8 Å². The van der Waals surface area contributed by atoms with Gasteiger partial charge in [0.25, 0.3) is 0 Å². The lowest BCUT2D eigenvalue weighted by molar-refractivity contribution is -0.160. The first-order valence-electron chi connectivity index (χ1n) is 13.5. The van der Waals surface area contributed by atoms with E-state index in [-0.39, 0.29) is 25.2 Å². The van der Waals surface area contributed by atoms with Crippen molar-refractivity contribution in [1.29, 1.82) is 0 Å². The van der Waals surface area contributed by atoms with Crippen LogP contribution in [-0.2, 0) is 28.2 Å². The Balaban J connectivity index is 3.85. The molecule has 0 saturated carbocycles. The van der Waals surface area contributed by atoms with E-state index < -0.39 is 14.8 Å². The molecule has 0 aliphatic carbocycles. The molecule has 0 amide bonds. The molecule has 0 aromatic carbocycles. The molecular weight excluding hydrogens is 471 g/mol. The average Bonchev–Trinajstić information content (AvgIpc) is 2.83. The zero-order valence-corrected chi connectivity index (χ0v) is 23.3. The predicted octanol–water partition coefficient (Wildman–Crippen LogP) is 8.03. The van der Waals surface area contributed by atoms with Crippen LogP contribution in [0.1, 0.15) is 129 Å². The van der Waals surface area contributed by atoms with E-state index in [1.165, 1.54) is 64.2 Å². The van der Waals surface area contributed by atoms with Crippen LogP contribution in [0.3, 0.4) is 0 Å². The van der Waals surface area contributed by atoms with Crippen molar-refractivity contribution in [3.63, 3.8) is 0 Å². The first-order valence-corrected chi connectivity index (χ1v) is 14.9. The van der Waals surface area contributed by atoms with E-state index >= 15 is 0 Å². The Morgan fingerprint density at radius 2 is 1.15 bits per heavy atom. The second kappa shape index (κ2) is 26.9. The fourth-order valence-electron chi connectivity index (χ4n) is 3.75. The molecule has 0 heterocycles. The summed E-state index contributed by atoms with van der Waals surface area (Å²) in [6.07, 6.45) is 19.7. The number of carbonyl (C=O) groups excluding carboxylic acids is 2. The van der Waals surface area contributed by atoms with Crippen LogP contribution in [0.2, 0.25) is 0 Å². The van der Waals surface area contributed by atoms with Crippen LogP contribution in [0.5, 0.6) is 0 Å². The van der Waals surface area contributed by atoms with Gasteiger partial charge in [-0.3, -0.25) is 14.1 Å². The molecule has 0 aliphatic rings. The molecule has 0 aromatic rings. The van der Waals surface area contributed by atoms with Gasteiger partial charge in [-0.2, -0.15) is 12.6 Å². The number of thiol groups is 1. The molecule has 0 aliphatic heterocycles. The molecule has 0 bridgehead atoms. The van der Waals surface area contributed by atoms with Crippen molar-refractivity contribution in [3.05, 3.63) is 0 Å². The monoisotopic (exact) mass is 520 g/mol. The molecule has 0 N–H and O–H groups in total. The topological polar surface area (TPSA) is 78.9 Å². The van der Waals surface area contributed by atoms with Gasteiger partial charge in [0.15, 0.2) is 6.10 Å². The molecule has 0 rings (SSSR count). The Morgan fingerprint density at radius 3 is 1.65 bits per heavy atom. The number of esters is 2. The van der Waals surface area contributed by atoms with Crippen molar-refractivity contribution >= 4 is 33.3 Å². The fourth-order valence-corrected chi connectivity index (χ4v) is 4.21. The van der Waals surface area contributed by atoms with Gasteiger partial charge >= 0.3 is 20.6 Å². The summed E-state index contributed by atoms with van der Waals surface area (Å²) < 4.78 is 26.1. The third-order valence-electron chi connectivity index (χ3n) is 5.81. The first kappa shape index (κ1) is 33.4. The smallest absolute Gasteiger partial charge is 0.327 e. The molecule has 0 fully saturated rings. The van der Waals surface area contributed by atoms with E-state index in [2.05, 4.69) is 19.6 Å². The number of unbranched alkanes of at least 4 members (excludes halogenated alkanes) is 15. The van der Waals surface area contributed by atoms with E-state index in [1.54, 1.807) is 0 Å². The summed E-state index contributed by atoms with van der Waals surface area (Å²) in [5.41, 5.74) is 0. The highest BCUT2D eigenvalue weighted by Gasteiger charge is 2.17. The summed E-state index contributed by atoms with van der Waals surface area (Å²) >= 11 is 4.21. The Hall–Kier alpha value is -0.650. The van der Waals surface area contributed by atoms with Gasteiger partial charge in [0.2, 0.25) is 0 Å². The molecule has 8 heteroatoms. The van der Waals surface area contributed by atoms with Gasteiger partial charge in [-0.05, 0) is 25.0 Å². The van der Waals surface area contributed by atoms with E-state index in [9.17, 15) is 14.2 Å². The van der Waals surface area contributed by atoms with Crippen LogP contribution in [0, 0.1) is 0 Å². The maximum absolute atomic E-state index is 12.1. The van der Waals surface area contributed by atoms with Crippen LogP contribution in [0.4, 0.5) is 0 Å². The van der Waals surface area contributed by atoms with Crippen molar-refractivity contribution in [2.24, 2.45) is 0 Å². The summed E-state index contributed by atoms with van der Waals surface area (Å²) in [7, 11) is -0.487. The van der Waals surface area contributed by atoms with Gasteiger partial charge < -0.3 is 9.47 Å². The third kappa shape index (κ3) is 24.5. The van der Waals surface area contributed by atoms with Crippen molar-refractivity contribution in [2.45, 2.75) is 135 Å². The zero-order chi connectivity index (χ0) is 25.1. The van der Waals surface area contributed by atoms with Gasteiger partial charge in [-0.25, -0.2) is 4.57 Å². The molecule has 0 saturated heterocycles. The number of ether oxygens (including phenoxy) is 2. The minimum absolute atomic E-state index is 0.0611. The highest BCUT2D eigenvalue weighted by molar-refractivity contribution is 7.80. The van der Waals surface area contributed by atoms with E-state index in [4.69, 9.17) is 14.0 Å². The predicted molar refractivity (Wildman–Crippen MR) is 142 cm³/mol.